The second-order valence-corrected chi connectivity index (χ2v) is 5.88. The number of hydrogen-bond acceptors (Lipinski definition) is 4. The van der Waals surface area contributed by atoms with Crippen LogP contribution in [0.3, 0.4) is 0 Å². The van der Waals surface area contributed by atoms with Gasteiger partial charge in [-0.3, -0.25) is 4.79 Å². The van der Waals surface area contributed by atoms with E-state index < -0.39 is 24.0 Å². The molecule has 0 saturated heterocycles. The minimum Gasteiger partial charge on any atom is -0.497 e. The van der Waals surface area contributed by atoms with Crippen molar-refractivity contribution in [3.05, 3.63) is 29.8 Å². The highest BCUT2D eigenvalue weighted by molar-refractivity contribution is 5.86. The van der Waals surface area contributed by atoms with Gasteiger partial charge >= 0.3 is 5.97 Å². The molecule has 6 nitrogen and oxygen atoms in total. The van der Waals surface area contributed by atoms with E-state index in [1.807, 2.05) is 24.3 Å². The van der Waals surface area contributed by atoms with Gasteiger partial charge in [0.2, 0.25) is 5.91 Å². The number of carboxylic acids is 1. The van der Waals surface area contributed by atoms with Crippen LogP contribution < -0.4 is 10.1 Å². The summed E-state index contributed by atoms with van der Waals surface area (Å²) < 4.78 is 10.7. The van der Waals surface area contributed by atoms with Crippen molar-refractivity contribution in [1.29, 1.82) is 0 Å². The topological polar surface area (TPSA) is 84.9 Å². The van der Waals surface area contributed by atoms with E-state index in [-0.39, 0.29) is 6.61 Å². The van der Waals surface area contributed by atoms with Crippen molar-refractivity contribution in [2.45, 2.75) is 44.9 Å². The van der Waals surface area contributed by atoms with Gasteiger partial charge in [0.05, 0.1) is 13.7 Å². The Morgan fingerprint density at radius 3 is 2.74 bits per heavy atom. The summed E-state index contributed by atoms with van der Waals surface area (Å²) in [7, 11) is 1.59. The molecule has 1 saturated carbocycles. The molecule has 23 heavy (non-hydrogen) atoms. The van der Waals surface area contributed by atoms with Crippen LogP contribution in [0.15, 0.2) is 24.3 Å². The van der Waals surface area contributed by atoms with Crippen LogP contribution in [0.25, 0.3) is 0 Å². The fourth-order valence-electron chi connectivity index (χ4n) is 2.26. The van der Waals surface area contributed by atoms with Gasteiger partial charge in [-0.25, -0.2) is 4.79 Å². The third kappa shape index (κ3) is 5.56. The van der Waals surface area contributed by atoms with E-state index in [4.69, 9.17) is 9.47 Å². The lowest BCUT2D eigenvalue weighted by Gasteiger charge is -2.18. The first-order valence-electron chi connectivity index (χ1n) is 7.77. The lowest BCUT2D eigenvalue weighted by molar-refractivity contribution is -0.144. The van der Waals surface area contributed by atoms with Crippen molar-refractivity contribution in [2.24, 2.45) is 5.92 Å². The fourth-order valence-corrected chi connectivity index (χ4v) is 2.26. The molecule has 6 heteroatoms. The summed E-state index contributed by atoms with van der Waals surface area (Å²) in [4.78, 5) is 23.3. The van der Waals surface area contributed by atoms with E-state index in [2.05, 4.69) is 5.32 Å². The maximum atomic E-state index is 12.1. The van der Waals surface area contributed by atoms with Crippen LogP contribution in [0.5, 0.6) is 5.75 Å². The molecular formula is C17H23NO5. The highest BCUT2D eigenvalue weighted by Crippen LogP contribution is 2.33. The second-order valence-electron chi connectivity index (χ2n) is 5.88. The Bertz CT molecular complexity index is 556. The van der Waals surface area contributed by atoms with E-state index in [0.29, 0.717) is 12.3 Å². The number of hydrogen-bond donors (Lipinski definition) is 2. The number of benzene rings is 1. The first-order chi connectivity index (χ1) is 11.0. The predicted octanol–water partition coefficient (Wildman–Crippen LogP) is 1.97. The molecule has 2 N–H and O–H groups in total. The molecule has 0 heterocycles. The molecule has 1 fully saturated rings. The number of aliphatic carboxylic acids is 1. The van der Waals surface area contributed by atoms with Gasteiger partial charge in [0.1, 0.15) is 17.9 Å². The average Bonchev–Trinajstić information content (AvgIpc) is 3.36. The molecule has 126 valence electrons. The van der Waals surface area contributed by atoms with Crippen LogP contribution in [0.4, 0.5) is 0 Å². The third-order valence-corrected chi connectivity index (χ3v) is 3.88. The van der Waals surface area contributed by atoms with Gasteiger partial charge in [-0.05, 0) is 37.0 Å². The summed E-state index contributed by atoms with van der Waals surface area (Å²) in [5.74, 6) is -0.255. The minimum absolute atomic E-state index is 0.256. The Morgan fingerprint density at radius 1 is 1.39 bits per heavy atom. The molecule has 0 radical (unpaired) electrons. The summed E-state index contributed by atoms with van der Waals surface area (Å²) in [6.07, 6.45) is 1.86. The summed E-state index contributed by atoms with van der Waals surface area (Å²) in [6.45, 7) is 1.87. The van der Waals surface area contributed by atoms with E-state index in [9.17, 15) is 14.7 Å². The molecule has 0 aliphatic heterocycles. The zero-order valence-electron chi connectivity index (χ0n) is 13.5. The number of carboxylic acid groups (broad SMARTS) is 1. The highest BCUT2D eigenvalue weighted by atomic mass is 16.5. The summed E-state index contributed by atoms with van der Waals surface area (Å²) in [6, 6.07) is 6.55. The molecule has 0 bridgehead atoms. The van der Waals surface area contributed by atoms with Gasteiger partial charge in [-0.15, -0.1) is 0 Å². The minimum atomic E-state index is -0.995. The van der Waals surface area contributed by atoms with E-state index in [0.717, 1.165) is 24.2 Å². The number of nitrogens with one attached hydrogen (secondary N) is 1. The summed E-state index contributed by atoms with van der Waals surface area (Å²) in [5.41, 5.74) is 0.886. The maximum absolute atomic E-state index is 12.1. The van der Waals surface area contributed by atoms with Gasteiger partial charge in [-0.2, -0.15) is 0 Å². The molecular weight excluding hydrogens is 298 g/mol. The molecule has 1 aromatic rings. The lowest BCUT2D eigenvalue weighted by Crippen LogP contribution is -2.45. The summed E-state index contributed by atoms with van der Waals surface area (Å²) in [5, 5.41) is 11.7. The van der Waals surface area contributed by atoms with Gasteiger partial charge in [-0.1, -0.05) is 25.0 Å². The Labute approximate surface area is 135 Å². The van der Waals surface area contributed by atoms with Crippen LogP contribution in [-0.2, 0) is 20.9 Å². The average molecular weight is 321 g/mol. The van der Waals surface area contributed by atoms with Crippen LogP contribution >= 0.6 is 0 Å². The zero-order valence-corrected chi connectivity index (χ0v) is 13.5. The largest absolute Gasteiger partial charge is 0.497 e. The molecule has 0 spiro atoms. The highest BCUT2D eigenvalue weighted by Gasteiger charge is 2.31. The van der Waals surface area contributed by atoms with Crippen molar-refractivity contribution >= 4 is 11.9 Å². The second kappa shape index (κ2) is 7.97. The number of rotatable bonds is 9. The van der Waals surface area contributed by atoms with Crippen molar-refractivity contribution in [2.75, 3.05) is 7.11 Å². The monoisotopic (exact) mass is 321 g/mol. The Kier molecular flexibility index (Phi) is 5.98. The third-order valence-electron chi connectivity index (χ3n) is 3.88. The molecule has 2 atom stereocenters. The number of carbonyl (C=O) groups excluding carboxylic acids is 1. The van der Waals surface area contributed by atoms with Crippen LogP contribution in [0.2, 0.25) is 0 Å². The standard InChI is InChI=1S/C17H23NO5/c1-11(23-10-13-4-3-5-14(8-13)22-2)16(19)18-15(17(20)21)9-12-6-7-12/h3-5,8,11-12,15H,6-7,9-10H2,1-2H3,(H,18,19)(H,20,21). The van der Waals surface area contributed by atoms with Crippen molar-refractivity contribution in [3.8, 4) is 5.75 Å². The molecule has 1 aliphatic rings. The fraction of sp³-hybridized carbons (Fsp3) is 0.529. The molecule has 1 amide bonds. The zero-order chi connectivity index (χ0) is 16.8. The first-order valence-corrected chi connectivity index (χ1v) is 7.77. The van der Waals surface area contributed by atoms with Crippen molar-refractivity contribution < 1.29 is 24.2 Å². The van der Waals surface area contributed by atoms with Gasteiger partial charge in [0, 0.05) is 0 Å². The molecule has 2 unspecified atom stereocenters. The molecule has 0 aromatic heterocycles. The molecule has 1 aliphatic carbocycles. The normalized spacial score (nSPS) is 16.4. The number of carbonyl (C=O) groups is 2. The SMILES string of the molecule is COc1cccc(COC(C)C(=O)NC(CC2CC2)C(=O)O)c1. The summed E-state index contributed by atoms with van der Waals surface area (Å²) >= 11 is 0. The van der Waals surface area contributed by atoms with Crippen LogP contribution in [-0.4, -0.2) is 36.2 Å². The Morgan fingerprint density at radius 2 is 2.13 bits per heavy atom. The number of ether oxygens (including phenoxy) is 2. The Balaban J connectivity index is 1.82. The predicted molar refractivity (Wildman–Crippen MR) is 84.2 cm³/mol. The van der Waals surface area contributed by atoms with Gasteiger partial charge < -0.3 is 19.9 Å². The van der Waals surface area contributed by atoms with E-state index >= 15 is 0 Å². The van der Waals surface area contributed by atoms with Crippen LogP contribution in [0.1, 0.15) is 31.7 Å². The first kappa shape index (κ1) is 17.3. The van der Waals surface area contributed by atoms with Gasteiger partial charge in [0.15, 0.2) is 0 Å². The molecule has 2 rings (SSSR count). The van der Waals surface area contributed by atoms with Crippen molar-refractivity contribution in [1.82, 2.24) is 5.32 Å². The number of methoxy groups -OCH3 is 1. The van der Waals surface area contributed by atoms with E-state index in [1.165, 1.54) is 0 Å². The Hall–Kier alpha value is -2.08. The van der Waals surface area contributed by atoms with Crippen molar-refractivity contribution in [3.63, 3.8) is 0 Å². The number of amides is 1. The van der Waals surface area contributed by atoms with E-state index in [1.54, 1.807) is 14.0 Å². The maximum Gasteiger partial charge on any atom is 0.326 e. The lowest BCUT2D eigenvalue weighted by atomic mass is 10.1. The molecule has 1 aromatic carbocycles. The van der Waals surface area contributed by atoms with Gasteiger partial charge in [0.25, 0.3) is 0 Å². The smallest absolute Gasteiger partial charge is 0.326 e. The van der Waals surface area contributed by atoms with Crippen LogP contribution in [0, 0.1) is 5.92 Å². The quantitative estimate of drug-likeness (QED) is 0.726.